The highest BCUT2D eigenvalue weighted by Gasteiger charge is 2.63. The van der Waals surface area contributed by atoms with E-state index in [4.69, 9.17) is 23.7 Å². The van der Waals surface area contributed by atoms with E-state index < -0.39 is 107 Å². The first-order valence-corrected chi connectivity index (χ1v) is 32.0. The molecule has 6 fully saturated rings. The van der Waals surface area contributed by atoms with Crippen molar-refractivity contribution >= 4 is 102 Å². The van der Waals surface area contributed by atoms with Crippen molar-refractivity contribution in [2.45, 2.75) is 150 Å². The van der Waals surface area contributed by atoms with E-state index in [1.54, 1.807) is 59.5 Å². The number of likely N-dealkylation sites (tertiary alicyclic amines) is 1. The summed E-state index contributed by atoms with van der Waals surface area (Å²) in [7, 11) is -2.94. The van der Waals surface area contributed by atoms with Crippen molar-refractivity contribution in [2.24, 2.45) is 17.8 Å². The molecule has 88 heavy (non-hydrogen) atoms. The number of methoxy groups -OCH3 is 2. The van der Waals surface area contributed by atoms with Crippen molar-refractivity contribution in [2.75, 3.05) is 34.4 Å². The first-order chi connectivity index (χ1) is 40.7. The van der Waals surface area contributed by atoms with Crippen molar-refractivity contribution in [3.05, 3.63) is 86.2 Å². The highest BCUT2D eigenvalue weighted by atomic mass is 35.5. The number of pyridine rings is 2. The number of hydrogen-bond acceptors (Lipinski definition) is 18. The molecular weight excluding hydrogens is 1220 g/mol. The van der Waals surface area contributed by atoms with Crippen LogP contribution in [0.1, 0.15) is 92.4 Å². The highest BCUT2D eigenvalue weighted by Crippen LogP contribution is 2.47. The van der Waals surface area contributed by atoms with Crippen LogP contribution in [0.3, 0.4) is 0 Å². The summed E-state index contributed by atoms with van der Waals surface area (Å²) >= 11 is 0. The Hall–Kier alpha value is -7.00. The minimum absolute atomic E-state index is 0. The van der Waals surface area contributed by atoms with Gasteiger partial charge in [-0.2, -0.15) is 0 Å². The number of sulfonamides is 2. The van der Waals surface area contributed by atoms with E-state index >= 15 is 0 Å². The Morgan fingerprint density at radius 2 is 1.23 bits per heavy atom. The molecule has 4 heterocycles. The second kappa shape index (κ2) is 27.0. The fraction of sp³-hybridized carbons (Fsp3) is 0.533. The van der Waals surface area contributed by atoms with E-state index in [2.05, 4.69) is 48.5 Å². The van der Waals surface area contributed by atoms with Crippen LogP contribution in [0.25, 0.3) is 21.5 Å². The quantitative estimate of drug-likeness (QED) is 0.0615. The zero-order valence-electron chi connectivity index (χ0n) is 50.4. The van der Waals surface area contributed by atoms with Crippen LogP contribution in [-0.4, -0.2) is 164 Å². The second-order valence-corrected chi connectivity index (χ2v) is 28.0. The van der Waals surface area contributed by atoms with Crippen LogP contribution >= 0.6 is 24.8 Å². The normalized spacial score (nSPS) is 25.1. The van der Waals surface area contributed by atoms with Gasteiger partial charge >= 0.3 is 6.09 Å². The number of carbonyl (C=O) groups excluding carboxylic acids is 6. The summed E-state index contributed by atoms with van der Waals surface area (Å²) in [4.78, 5) is 92.9. The van der Waals surface area contributed by atoms with Gasteiger partial charge in [-0.3, -0.25) is 38.3 Å². The Balaban J connectivity index is 0.000000261. The molecule has 10 atom stereocenters. The van der Waals surface area contributed by atoms with E-state index in [-0.39, 0.29) is 68.0 Å². The molecule has 0 radical (unpaired) electrons. The Morgan fingerprint density at radius 1 is 0.750 bits per heavy atom. The van der Waals surface area contributed by atoms with Gasteiger partial charge in [-0.25, -0.2) is 31.6 Å². The van der Waals surface area contributed by atoms with Crippen molar-refractivity contribution < 1.29 is 69.3 Å². The summed E-state index contributed by atoms with van der Waals surface area (Å²) in [6, 6.07) is 12.0. The number of halogens is 2. The maximum Gasteiger partial charge on any atom is 0.410 e. The van der Waals surface area contributed by atoms with Gasteiger partial charge in [0.1, 0.15) is 52.5 Å². The van der Waals surface area contributed by atoms with Gasteiger partial charge in [-0.05, 0) is 125 Å². The molecule has 5 N–H and O–H groups in total. The Morgan fingerprint density at radius 3 is 1.66 bits per heavy atom. The van der Waals surface area contributed by atoms with Crippen LogP contribution in [0.5, 0.6) is 23.3 Å². The molecule has 6 amide bonds. The van der Waals surface area contributed by atoms with Gasteiger partial charge in [0.25, 0.3) is 11.8 Å². The highest BCUT2D eigenvalue weighted by molar-refractivity contribution is 7.91. The van der Waals surface area contributed by atoms with Gasteiger partial charge in [0.2, 0.25) is 49.5 Å². The van der Waals surface area contributed by atoms with Crippen molar-refractivity contribution in [1.82, 2.24) is 45.2 Å². The summed E-state index contributed by atoms with van der Waals surface area (Å²) in [5.41, 5.74) is -3.65. The van der Waals surface area contributed by atoms with E-state index in [1.165, 1.54) is 22.9 Å². The molecule has 2 saturated heterocycles. The number of likely N-dealkylation sites (N-methyl/N-ethyl adjacent to an activating group) is 1. The van der Waals surface area contributed by atoms with Gasteiger partial charge in [0.05, 0.1) is 37.3 Å². The number of carbonyl (C=O) groups is 6. The molecule has 4 aliphatic carbocycles. The van der Waals surface area contributed by atoms with Gasteiger partial charge in [-0.15, -0.1) is 38.0 Å². The van der Waals surface area contributed by atoms with Gasteiger partial charge in [0, 0.05) is 61.4 Å². The number of amides is 6. The maximum absolute atomic E-state index is 14.6. The van der Waals surface area contributed by atoms with E-state index in [9.17, 15) is 45.6 Å². The summed E-state index contributed by atoms with van der Waals surface area (Å²) in [5, 5.41) is 10.8. The molecule has 2 aromatic carbocycles. The maximum atomic E-state index is 14.6. The summed E-state index contributed by atoms with van der Waals surface area (Å²) < 4.78 is 82.9. The summed E-state index contributed by atoms with van der Waals surface area (Å²) in [6.45, 7) is 16.8. The molecule has 4 aromatic rings. The Labute approximate surface area is 525 Å². The topological polar surface area (TPSA) is 309 Å². The average molecular weight is 1300 g/mol. The minimum atomic E-state index is -3.89. The van der Waals surface area contributed by atoms with Gasteiger partial charge in [0.15, 0.2) is 0 Å². The number of nitrogens with one attached hydrogen (secondary N) is 5. The fourth-order valence-electron chi connectivity index (χ4n) is 11.1. The zero-order valence-corrected chi connectivity index (χ0v) is 53.7. The number of fused-ring (bicyclic) bond motifs is 2. The lowest BCUT2D eigenvalue weighted by atomic mass is 9.96. The van der Waals surface area contributed by atoms with E-state index in [1.807, 2.05) is 56.3 Å². The molecule has 6 aliphatic rings. The predicted octanol–water partition coefficient (Wildman–Crippen LogP) is 5.41. The third-order valence-electron chi connectivity index (χ3n) is 16.7. The van der Waals surface area contributed by atoms with Gasteiger partial charge < -0.3 is 44.5 Å². The molecular formula is C60H79Cl2N9O15S2. The van der Waals surface area contributed by atoms with Crippen molar-refractivity contribution in [3.8, 4) is 23.3 Å². The first kappa shape index (κ1) is 68.5. The van der Waals surface area contributed by atoms with Crippen LogP contribution in [0.4, 0.5) is 4.79 Å². The molecule has 4 saturated carbocycles. The van der Waals surface area contributed by atoms with Crippen LogP contribution in [0, 0.1) is 17.8 Å². The molecule has 10 rings (SSSR count). The van der Waals surface area contributed by atoms with Crippen LogP contribution in [0.2, 0.25) is 0 Å². The van der Waals surface area contributed by atoms with Crippen LogP contribution < -0.4 is 44.3 Å². The number of hydrogen-bond donors (Lipinski definition) is 5. The van der Waals surface area contributed by atoms with Crippen molar-refractivity contribution in [3.63, 3.8) is 0 Å². The average Bonchev–Trinajstić information content (AvgIpc) is 1.73. The molecule has 1 unspecified atom stereocenters. The van der Waals surface area contributed by atoms with E-state index in [0.717, 1.165) is 21.9 Å². The lowest BCUT2D eigenvalue weighted by molar-refractivity contribution is -0.144. The molecule has 0 spiro atoms. The van der Waals surface area contributed by atoms with Crippen molar-refractivity contribution in [1.29, 1.82) is 0 Å². The lowest BCUT2D eigenvalue weighted by Gasteiger charge is -2.36. The number of rotatable bonds is 22. The third kappa shape index (κ3) is 15.0. The number of aromatic nitrogens is 2. The standard InChI is InChI=1S/C36H49N5O9S.C24H28N4O6S.2ClH/c1-9-21(3)29(40(7)34(45)50-35(4,5)6)32(43)41-20-25(49-31-27-14-11-24(48-8)17-22(27)15-16-37-31)18-28(41)30(42)38-36(19-23(36)10-2)33(44)39-51(46,47)26-12-13-26;1-3-15-12-24(15,23(30)28-35(31,32)18-5-6-18)27-21(29)20-11-17(13-26-20)34-22-19-7-4-16(33-2)10-14(19)8-9-25-22;;/h10-11,14-17,21,23,25-26,28-29H,2,9,12-13,18-20H2,1,3-8H3,(H,38,42)(H,39,44);3-4,7-10,15,17-18,20,26H,1,5-6,11-13H2,2H3,(H,27,29)(H,28,30);2*1H/t21-,23+,25+,28-,29?,36+;15-,17-,20+,24-;;/m01../s1. The summed E-state index contributed by atoms with van der Waals surface area (Å²) in [6.07, 6.45) is 8.02. The minimum Gasteiger partial charge on any atom is -0.497 e. The Kier molecular flexibility index (Phi) is 21.0. The number of ether oxygens (including phenoxy) is 5. The largest absolute Gasteiger partial charge is 0.497 e. The lowest BCUT2D eigenvalue weighted by Crippen LogP contribution is -2.59. The predicted molar refractivity (Wildman–Crippen MR) is 332 cm³/mol. The van der Waals surface area contributed by atoms with Crippen LogP contribution in [0.15, 0.2) is 86.2 Å². The third-order valence-corrected chi connectivity index (χ3v) is 20.4. The fourth-order valence-corrected chi connectivity index (χ4v) is 13.8. The monoisotopic (exact) mass is 1300 g/mol. The molecule has 480 valence electrons. The first-order valence-electron chi connectivity index (χ1n) is 28.9. The molecule has 2 aliphatic heterocycles. The molecule has 28 heteroatoms. The number of benzene rings is 2. The van der Waals surface area contributed by atoms with E-state index in [0.29, 0.717) is 74.4 Å². The molecule has 2 aromatic heterocycles. The van der Waals surface area contributed by atoms with Gasteiger partial charge in [-0.1, -0.05) is 32.4 Å². The van der Waals surface area contributed by atoms with Crippen LogP contribution in [-0.2, 0) is 48.8 Å². The smallest absolute Gasteiger partial charge is 0.410 e. The number of nitrogens with zero attached hydrogens (tertiary/aromatic N) is 4. The SMILES string of the molecule is C=C[C@@H]1C[C@]1(NC(=O)[C@@H]1C[C@@H](Oc2nccc3cc(OC)ccc23)CN1)C(=O)NS(=O)(=O)C1CC1.C=C[C@@H]1C[C@]1(NC(=O)[C@@H]1C[C@@H](Oc2nccc3cc(OC)ccc23)CN1C(=O)C([C@@H](C)CC)N(C)C(=O)OC(C)(C)C)C(=O)NS(=O)(=O)C1CC1.Cl.Cl. The zero-order chi connectivity index (χ0) is 62.3. The molecule has 0 bridgehead atoms. The Bertz CT molecular complexity index is 3570. The molecule has 24 nitrogen and oxygen atoms in total. The summed E-state index contributed by atoms with van der Waals surface area (Å²) in [5.74, 6) is -2.10. The second-order valence-electron chi connectivity index (χ2n) is 24.1.